The third kappa shape index (κ3) is 5.06. The molecule has 10 heteroatoms. The van der Waals surface area contributed by atoms with Crippen LogP contribution in [0.15, 0.2) is 34.2 Å². The predicted molar refractivity (Wildman–Crippen MR) is 97.5 cm³/mol. The molecule has 0 saturated heterocycles. The first-order chi connectivity index (χ1) is 12.4. The van der Waals surface area contributed by atoms with E-state index in [2.05, 4.69) is 15.5 Å². The molecule has 1 heterocycles. The number of benzene rings is 1. The maximum atomic E-state index is 12.0. The first-order valence-corrected chi connectivity index (χ1v) is 8.82. The lowest BCUT2D eigenvalue weighted by atomic mass is 10.2. The minimum atomic E-state index is -0.464. The van der Waals surface area contributed by atoms with E-state index in [0.717, 1.165) is 22.9 Å². The van der Waals surface area contributed by atoms with Gasteiger partial charge in [0.05, 0.1) is 17.9 Å². The highest BCUT2D eigenvalue weighted by Crippen LogP contribution is 2.14. The van der Waals surface area contributed by atoms with Crippen molar-refractivity contribution in [1.82, 2.24) is 14.9 Å². The van der Waals surface area contributed by atoms with Crippen LogP contribution in [0.2, 0.25) is 0 Å². The Morgan fingerprint density at radius 3 is 2.62 bits per heavy atom. The van der Waals surface area contributed by atoms with Crippen molar-refractivity contribution in [3.8, 4) is 0 Å². The number of nitrogen functional groups attached to an aromatic ring is 1. The van der Waals surface area contributed by atoms with Gasteiger partial charge < -0.3 is 15.9 Å². The number of nitrogens with two attached hydrogens (primary N) is 1. The van der Waals surface area contributed by atoms with Gasteiger partial charge in [-0.05, 0) is 37.6 Å². The van der Waals surface area contributed by atoms with Crippen LogP contribution in [0, 0.1) is 6.92 Å². The maximum absolute atomic E-state index is 12.0. The van der Waals surface area contributed by atoms with E-state index in [1.807, 2.05) is 6.92 Å². The number of carbonyl (C=O) groups excluding carboxylic acids is 2. The summed E-state index contributed by atoms with van der Waals surface area (Å²) in [6, 6.07) is 6.36. The number of aromatic nitrogens is 3. The Labute approximate surface area is 153 Å². The van der Waals surface area contributed by atoms with Crippen molar-refractivity contribution in [2.75, 3.05) is 23.5 Å². The first kappa shape index (κ1) is 19.4. The molecule has 0 bridgehead atoms. The van der Waals surface area contributed by atoms with Crippen molar-refractivity contribution in [2.24, 2.45) is 0 Å². The Morgan fingerprint density at radius 2 is 1.96 bits per heavy atom. The third-order valence-corrected chi connectivity index (χ3v) is 4.14. The standard InChI is InChI=1S/C16H19N5O4S/c1-3-8-25-15(24)11-4-6-12(7-5-11)18-13(22)9-26-16-20-19-10(2)14(23)21(16)17/h4-7H,3,8-9,17H2,1-2H3,(H,18,22). The molecule has 0 unspecified atom stereocenters. The van der Waals surface area contributed by atoms with Crippen molar-refractivity contribution in [3.63, 3.8) is 0 Å². The average molecular weight is 377 g/mol. The monoisotopic (exact) mass is 377 g/mol. The zero-order valence-electron chi connectivity index (χ0n) is 14.4. The van der Waals surface area contributed by atoms with Gasteiger partial charge in [0.1, 0.15) is 5.69 Å². The van der Waals surface area contributed by atoms with Gasteiger partial charge in [0.25, 0.3) is 5.56 Å². The zero-order chi connectivity index (χ0) is 19.1. The second-order valence-corrected chi connectivity index (χ2v) is 6.24. The number of rotatable bonds is 7. The Morgan fingerprint density at radius 1 is 1.27 bits per heavy atom. The van der Waals surface area contributed by atoms with Crippen LogP contribution in [-0.4, -0.2) is 39.1 Å². The summed E-state index contributed by atoms with van der Waals surface area (Å²) in [5.74, 6) is 4.88. The van der Waals surface area contributed by atoms with Gasteiger partial charge in [-0.25, -0.2) is 4.79 Å². The maximum Gasteiger partial charge on any atom is 0.338 e. The molecule has 1 amide bonds. The van der Waals surface area contributed by atoms with Crippen molar-refractivity contribution < 1.29 is 14.3 Å². The van der Waals surface area contributed by atoms with E-state index in [9.17, 15) is 14.4 Å². The first-order valence-electron chi connectivity index (χ1n) is 7.83. The second kappa shape index (κ2) is 8.99. The Balaban J connectivity index is 1.91. The molecule has 9 nitrogen and oxygen atoms in total. The van der Waals surface area contributed by atoms with Crippen LogP contribution in [-0.2, 0) is 9.53 Å². The second-order valence-electron chi connectivity index (χ2n) is 5.29. The minimum absolute atomic E-state index is 0.00528. The van der Waals surface area contributed by atoms with Crippen molar-refractivity contribution >= 4 is 29.3 Å². The molecule has 138 valence electrons. The molecular weight excluding hydrogens is 358 g/mol. The van der Waals surface area contributed by atoms with E-state index in [-0.39, 0.29) is 22.5 Å². The summed E-state index contributed by atoms with van der Waals surface area (Å²) in [6.45, 7) is 3.78. The fraction of sp³-hybridized carbons (Fsp3) is 0.312. The topological polar surface area (TPSA) is 129 Å². The summed E-state index contributed by atoms with van der Waals surface area (Å²) in [7, 11) is 0. The number of hydrogen-bond donors (Lipinski definition) is 2. The summed E-state index contributed by atoms with van der Waals surface area (Å²) in [6.07, 6.45) is 0.750. The van der Waals surface area contributed by atoms with Crippen molar-refractivity contribution in [1.29, 1.82) is 0 Å². The van der Waals surface area contributed by atoms with Gasteiger partial charge in [0, 0.05) is 5.69 Å². The SMILES string of the molecule is CCCOC(=O)c1ccc(NC(=O)CSc2nnc(C)c(=O)n2N)cc1. The average Bonchev–Trinajstić information content (AvgIpc) is 2.64. The van der Waals surface area contributed by atoms with Crippen LogP contribution >= 0.6 is 11.8 Å². The van der Waals surface area contributed by atoms with Gasteiger partial charge in [-0.1, -0.05) is 18.7 Å². The van der Waals surface area contributed by atoms with Crippen LogP contribution in [0.5, 0.6) is 0 Å². The Kier molecular flexibility index (Phi) is 6.73. The molecule has 0 spiro atoms. The molecule has 26 heavy (non-hydrogen) atoms. The lowest BCUT2D eigenvalue weighted by Crippen LogP contribution is -2.32. The fourth-order valence-corrected chi connectivity index (χ4v) is 2.52. The number of nitrogens with one attached hydrogen (secondary N) is 1. The van der Waals surface area contributed by atoms with E-state index in [0.29, 0.717) is 17.9 Å². The van der Waals surface area contributed by atoms with Gasteiger partial charge in [0.2, 0.25) is 11.1 Å². The summed E-state index contributed by atoms with van der Waals surface area (Å²) >= 11 is 0.993. The van der Waals surface area contributed by atoms with Crippen LogP contribution < -0.4 is 16.7 Å². The lowest BCUT2D eigenvalue weighted by molar-refractivity contribution is -0.113. The molecule has 1 aromatic heterocycles. The quantitative estimate of drug-likeness (QED) is 0.415. The molecule has 0 fully saturated rings. The number of nitrogens with zero attached hydrogens (tertiary/aromatic N) is 3. The molecular formula is C16H19N5O4S. The summed E-state index contributed by atoms with van der Waals surface area (Å²) in [4.78, 5) is 35.4. The number of anilines is 1. The third-order valence-electron chi connectivity index (χ3n) is 3.19. The fourth-order valence-electron chi connectivity index (χ4n) is 1.86. The van der Waals surface area contributed by atoms with Gasteiger partial charge >= 0.3 is 5.97 Å². The number of carbonyl (C=O) groups is 2. The summed E-state index contributed by atoms with van der Waals surface area (Å²) in [5.41, 5.74) is 0.656. The molecule has 3 N–H and O–H groups in total. The normalized spacial score (nSPS) is 10.4. The minimum Gasteiger partial charge on any atom is -0.462 e. The van der Waals surface area contributed by atoms with Gasteiger partial charge in [-0.15, -0.1) is 10.2 Å². The predicted octanol–water partition coefficient (Wildman–Crippen LogP) is 0.958. The Bertz CT molecular complexity index is 851. The van der Waals surface area contributed by atoms with E-state index >= 15 is 0 Å². The largest absolute Gasteiger partial charge is 0.462 e. The van der Waals surface area contributed by atoms with E-state index < -0.39 is 11.5 Å². The highest BCUT2D eigenvalue weighted by Gasteiger charge is 2.11. The summed E-state index contributed by atoms with van der Waals surface area (Å²) in [5, 5.41) is 10.3. The molecule has 1 aromatic carbocycles. The van der Waals surface area contributed by atoms with Crippen LogP contribution in [0.1, 0.15) is 29.4 Å². The number of amides is 1. The molecule has 2 rings (SSSR count). The van der Waals surface area contributed by atoms with Crippen molar-refractivity contribution in [3.05, 3.63) is 45.9 Å². The molecule has 0 aliphatic carbocycles. The molecule has 2 aromatic rings. The van der Waals surface area contributed by atoms with Gasteiger partial charge in [-0.2, -0.15) is 4.68 Å². The molecule has 0 aliphatic rings. The highest BCUT2D eigenvalue weighted by molar-refractivity contribution is 7.99. The molecule has 0 saturated carbocycles. The molecule has 0 atom stereocenters. The van der Waals surface area contributed by atoms with E-state index in [1.165, 1.54) is 6.92 Å². The molecule has 0 aliphatic heterocycles. The summed E-state index contributed by atoms with van der Waals surface area (Å²) < 4.78 is 5.89. The van der Waals surface area contributed by atoms with Crippen LogP contribution in [0.25, 0.3) is 0 Å². The van der Waals surface area contributed by atoms with Crippen LogP contribution in [0.3, 0.4) is 0 Å². The molecule has 0 radical (unpaired) electrons. The smallest absolute Gasteiger partial charge is 0.338 e. The van der Waals surface area contributed by atoms with E-state index in [1.54, 1.807) is 24.3 Å². The van der Waals surface area contributed by atoms with Gasteiger partial charge in [-0.3, -0.25) is 9.59 Å². The number of thioether (sulfide) groups is 1. The zero-order valence-corrected chi connectivity index (χ0v) is 15.2. The number of aryl methyl sites for hydroxylation is 1. The van der Waals surface area contributed by atoms with Crippen molar-refractivity contribution in [2.45, 2.75) is 25.4 Å². The Hall–Kier alpha value is -2.88. The van der Waals surface area contributed by atoms with E-state index in [4.69, 9.17) is 10.6 Å². The van der Waals surface area contributed by atoms with Crippen LogP contribution in [0.4, 0.5) is 5.69 Å². The van der Waals surface area contributed by atoms with Gasteiger partial charge in [0.15, 0.2) is 0 Å². The number of ether oxygens (including phenoxy) is 1. The highest BCUT2D eigenvalue weighted by atomic mass is 32.2. The lowest BCUT2D eigenvalue weighted by Gasteiger charge is -2.08. The number of esters is 1. The number of hydrogen-bond acceptors (Lipinski definition) is 8.